The highest BCUT2D eigenvalue weighted by molar-refractivity contribution is 6.23. The van der Waals surface area contributed by atoms with Gasteiger partial charge in [-0.05, 0) is 30.3 Å². The fraction of sp³-hybridized carbons (Fsp3) is 0.235. The Kier molecular flexibility index (Phi) is 3.94. The largest absolute Gasteiger partial charge is 0.508 e. The second kappa shape index (κ2) is 5.89. The van der Waals surface area contributed by atoms with Crippen LogP contribution in [0.5, 0.6) is 17.2 Å². The van der Waals surface area contributed by atoms with Gasteiger partial charge in [0.2, 0.25) is 0 Å². The first-order valence-electron chi connectivity index (χ1n) is 6.88. The molecule has 0 bridgehead atoms. The van der Waals surface area contributed by atoms with Crippen molar-refractivity contribution in [2.24, 2.45) is 5.92 Å². The summed E-state index contributed by atoms with van der Waals surface area (Å²) < 4.78 is 10.7. The van der Waals surface area contributed by atoms with Gasteiger partial charge in [-0.1, -0.05) is 6.07 Å². The van der Waals surface area contributed by atoms with Gasteiger partial charge in [0.1, 0.15) is 23.9 Å². The first kappa shape index (κ1) is 14.7. The van der Waals surface area contributed by atoms with Crippen molar-refractivity contribution in [2.45, 2.75) is 5.38 Å². The summed E-state index contributed by atoms with van der Waals surface area (Å²) in [6.07, 6.45) is 0. The number of hydrogen-bond acceptors (Lipinski definition) is 4. The number of ether oxygens (including phenoxy) is 2. The van der Waals surface area contributed by atoms with Gasteiger partial charge in [-0.3, -0.25) is 4.79 Å². The SMILES string of the molecule is COc1ccc(C(=O)C2COc3cc(O)ccc3C2Cl)cc1. The number of Topliss-reactive ketones (excluding diaryl/α,β-unsaturated/α-hetero) is 1. The minimum Gasteiger partial charge on any atom is -0.508 e. The maximum absolute atomic E-state index is 12.6. The highest BCUT2D eigenvalue weighted by Crippen LogP contribution is 2.42. The molecule has 0 fully saturated rings. The Balaban J connectivity index is 1.86. The molecule has 5 heteroatoms. The van der Waals surface area contributed by atoms with Crippen LogP contribution in [0.2, 0.25) is 0 Å². The summed E-state index contributed by atoms with van der Waals surface area (Å²) in [6, 6.07) is 11.7. The number of aromatic hydroxyl groups is 1. The number of fused-ring (bicyclic) bond motifs is 1. The van der Waals surface area contributed by atoms with Crippen molar-refractivity contribution in [3.05, 3.63) is 53.6 Å². The van der Waals surface area contributed by atoms with Crippen LogP contribution in [0, 0.1) is 5.92 Å². The Bertz CT molecular complexity index is 696. The number of ketones is 1. The van der Waals surface area contributed by atoms with Crippen LogP contribution < -0.4 is 9.47 Å². The lowest BCUT2D eigenvalue weighted by Gasteiger charge is -2.29. The number of phenolic OH excluding ortho intramolecular Hbond substituents is 1. The van der Waals surface area contributed by atoms with Gasteiger partial charge in [-0.2, -0.15) is 0 Å². The van der Waals surface area contributed by atoms with Crippen LogP contribution in [0.25, 0.3) is 0 Å². The summed E-state index contributed by atoms with van der Waals surface area (Å²) in [7, 11) is 1.58. The lowest BCUT2D eigenvalue weighted by Crippen LogP contribution is -2.30. The minimum absolute atomic E-state index is 0.0682. The molecule has 0 aromatic heterocycles. The molecule has 0 radical (unpaired) electrons. The van der Waals surface area contributed by atoms with Crippen molar-refractivity contribution >= 4 is 17.4 Å². The molecule has 2 unspecified atom stereocenters. The molecule has 1 N–H and O–H groups in total. The summed E-state index contributed by atoms with van der Waals surface area (Å²) >= 11 is 6.46. The van der Waals surface area contributed by atoms with E-state index in [1.807, 2.05) is 0 Å². The Morgan fingerprint density at radius 3 is 2.68 bits per heavy atom. The number of alkyl halides is 1. The van der Waals surface area contributed by atoms with Crippen molar-refractivity contribution in [3.8, 4) is 17.2 Å². The summed E-state index contributed by atoms with van der Waals surface area (Å²) in [5.41, 5.74) is 1.29. The Morgan fingerprint density at radius 2 is 2.00 bits per heavy atom. The van der Waals surface area contributed by atoms with E-state index in [4.69, 9.17) is 21.1 Å². The lowest BCUT2D eigenvalue weighted by molar-refractivity contribution is 0.0849. The molecule has 0 spiro atoms. The predicted octanol–water partition coefficient (Wildman–Crippen LogP) is 3.57. The second-order valence-corrected chi connectivity index (χ2v) is 5.60. The molecule has 2 aromatic rings. The number of halogens is 1. The minimum atomic E-state index is -0.487. The number of rotatable bonds is 3. The van der Waals surface area contributed by atoms with Crippen LogP contribution in [-0.2, 0) is 0 Å². The standard InChI is InChI=1S/C17H15ClO4/c1-21-12-5-2-10(3-6-12)17(20)14-9-22-15-8-11(19)4-7-13(15)16(14)18/h2-8,14,16,19H,9H2,1H3. The average molecular weight is 319 g/mol. The van der Waals surface area contributed by atoms with Gasteiger partial charge in [-0.25, -0.2) is 0 Å². The molecule has 1 aliphatic rings. The van der Waals surface area contributed by atoms with Crippen LogP contribution >= 0.6 is 11.6 Å². The second-order valence-electron chi connectivity index (χ2n) is 5.13. The Labute approximate surface area is 133 Å². The number of hydrogen-bond donors (Lipinski definition) is 1. The normalized spacial score (nSPS) is 19.9. The van der Waals surface area contributed by atoms with Gasteiger partial charge in [0, 0.05) is 17.2 Å². The summed E-state index contributed by atoms with van der Waals surface area (Å²) in [4.78, 5) is 12.6. The van der Waals surface area contributed by atoms with Gasteiger partial charge in [0.15, 0.2) is 5.78 Å². The first-order valence-corrected chi connectivity index (χ1v) is 7.32. The Morgan fingerprint density at radius 1 is 1.27 bits per heavy atom. The molecular weight excluding hydrogens is 304 g/mol. The zero-order valence-electron chi connectivity index (χ0n) is 12.0. The molecule has 2 aromatic carbocycles. The fourth-order valence-electron chi connectivity index (χ4n) is 2.53. The molecule has 0 saturated heterocycles. The molecule has 0 saturated carbocycles. The van der Waals surface area contributed by atoms with Crippen molar-refractivity contribution in [1.82, 2.24) is 0 Å². The van der Waals surface area contributed by atoms with Crippen molar-refractivity contribution < 1.29 is 19.4 Å². The lowest BCUT2D eigenvalue weighted by atomic mass is 9.89. The van der Waals surface area contributed by atoms with Gasteiger partial charge in [0.25, 0.3) is 0 Å². The number of carbonyl (C=O) groups is 1. The van der Waals surface area contributed by atoms with Crippen molar-refractivity contribution in [2.75, 3.05) is 13.7 Å². The molecule has 1 heterocycles. The molecule has 22 heavy (non-hydrogen) atoms. The third-order valence-corrected chi connectivity index (χ3v) is 4.32. The number of carbonyl (C=O) groups excluding carboxylic acids is 1. The van der Waals surface area contributed by atoms with Crippen molar-refractivity contribution in [3.63, 3.8) is 0 Å². The third kappa shape index (κ3) is 2.62. The van der Waals surface area contributed by atoms with E-state index in [1.54, 1.807) is 37.4 Å². The van der Waals surface area contributed by atoms with Crippen LogP contribution in [0.4, 0.5) is 0 Å². The van der Waals surface area contributed by atoms with Gasteiger partial charge in [0.05, 0.1) is 18.4 Å². The smallest absolute Gasteiger partial charge is 0.171 e. The van der Waals surface area contributed by atoms with Crippen molar-refractivity contribution in [1.29, 1.82) is 0 Å². The number of phenols is 1. The monoisotopic (exact) mass is 318 g/mol. The summed E-state index contributed by atoms with van der Waals surface area (Å²) in [5.74, 6) is 0.800. The highest BCUT2D eigenvalue weighted by atomic mass is 35.5. The molecule has 1 aliphatic heterocycles. The number of methoxy groups -OCH3 is 1. The molecular formula is C17H15ClO4. The fourth-order valence-corrected chi connectivity index (χ4v) is 2.90. The van der Waals surface area contributed by atoms with Gasteiger partial charge >= 0.3 is 0 Å². The van der Waals surface area contributed by atoms with Crippen LogP contribution in [-0.4, -0.2) is 24.6 Å². The third-order valence-electron chi connectivity index (χ3n) is 3.78. The van der Waals surface area contributed by atoms with Crippen LogP contribution in [0.1, 0.15) is 21.3 Å². The van der Waals surface area contributed by atoms with E-state index in [9.17, 15) is 9.90 Å². The van der Waals surface area contributed by atoms with E-state index in [2.05, 4.69) is 0 Å². The molecule has 0 amide bonds. The molecule has 0 aliphatic carbocycles. The van der Waals surface area contributed by atoms with E-state index in [0.717, 1.165) is 5.56 Å². The average Bonchev–Trinajstić information content (AvgIpc) is 2.54. The maximum atomic E-state index is 12.6. The van der Waals surface area contributed by atoms with Crippen LogP contribution in [0.15, 0.2) is 42.5 Å². The van der Waals surface area contributed by atoms with Gasteiger partial charge < -0.3 is 14.6 Å². The van der Waals surface area contributed by atoms with Gasteiger partial charge in [-0.15, -0.1) is 11.6 Å². The number of benzene rings is 2. The van der Waals surface area contributed by atoms with Crippen LogP contribution in [0.3, 0.4) is 0 Å². The summed E-state index contributed by atoms with van der Waals surface area (Å²) in [6.45, 7) is 0.190. The molecule has 114 valence electrons. The maximum Gasteiger partial charge on any atom is 0.171 e. The molecule has 3 rings (SSSR count). The van der Waals surface area contributed by atoms with E-state index < -0.39 is 11.3 Å². The predicted molar refractivity (Wildman–Crippen MR) is 83.0 cm³/mol. The Hall–Kier alpha value is -2.20. The zero-order valence-corrected chi connectivity index (χ0v) is 12.7. The quantitative estimate of drug-likeness (QED) is 0.694. The summed E-state index contributed by atoms with van der Waals surface area (Å²) in [5, 5.41) is 8.99. The van der Waals surface area contributed by atoms with E-state index in [-0.39, 0.29) is 18.1 Å². The highest BCUT2D eigenvalue weighted by Gasteiger charge is 2.35. The molecule has 2 atom stereocenters. The zero-order chi connectivity index (χ0) is 15.7. The first-order chi connectivity index (χ1) is 10.6. The van der Waals surface area contributed by atoms with E-state index in [1.165, 1.54) is 12.1 Å². The van der Waals surface area contributed by atoms with E-state index in [0.29, 0.717) is 17.1 Å². The van der Waals surface area contributed by atoms with E-state index >= 15 is 0 Å². The molecule has 4 nitrogen and oxygen atoms in total. The topological polar surface area (TPSA) is 55.8 Å².